The minimum Gasteiger partial charge on any atom is -0.365 e. The van der Waals surface area contributed by atoms with Crippen molar-refractivity contribution >= 4 is 29.1 Å². The molecule has 2 aromatic carbocycles. The molecule has 2 saturated carbocycles. The molecule has 0 aromatic heterocycles. The van der Waals surface area contributed by atoms with Gasteiger partial charge in [0.1, 0.15) is 0 Å². The highest BCUT2D eigenvalue weighted by Gasteiger charge is 2.52. The van der Waals surface area contributed by atoms with Gasteiger partial charge in [-0.15, -0.1) is 0 Å². The fraction of sp³-hybridized carbons (Fsp3) is 0.481. The first-order chi connectivity index (χ1) is 16.0. The van der Waals surface area contributed by atoms with Gasteiger partial charge in [-0.2, -0.15) is 0 Å². The number of fused-ring (bicyclic) bond motifs is 2. The number of hydrogen-bond acceptors (Lipinski definition) is 3. The molecule has 2 aliphatic carbocycles. The molecule has 2 N–H and O–H groups in total. The van der Waals surface area contributed by atoms with Crippen LogP contribution in [0.4, 0.5) is 5.69 Å². The monoisotopic (exact) mass is 463 g/mol. The van der Waals surface area contributed by atoms with E-state index < -0.39 is 0 Å². The van der Waals surface area contributed by atoms with Crippen LogP contribution in [0.5, 0.6) is 0 Å². The number of hydrogen-bond donors (Lipinski definition) is 2. The van der Waals surface area contributed by atoms with Crippen LogP contribution in [-0.2, 0) is 10.2 Å². The molecule has 2 aromatic rings. The molecule has 2 bridgehead atoms. The van der Waals surface area contributed by atoms with Crippen LogP contribution < -0.4 is 15.5 Å². The Morgan fingerprint density at radius 2 is 1.45 bits per heavy atom. The maximum absolute atomic E-state index is 13.3. The first-order valence-electron chi connectivity index (χ1n) is 12.3. The van der Waals surface area contributed by atoms with Crippen molar-refractivity contribution in [3.05, 3.63) is 64.7 Å². The summed E-state index contributed by atoms with van der Waals surface area (Å²) in [5.74, 6) is 0.205. The summed E-state index contributed by atoms with van der Waals surface area (Å²) in [5.41, 5.74) is 2.64. The molecule has 2 heterocycles. The van der Waals surface area contributed by atoms with E-state index in [9.17, 15) is 9.59 Å². The maximum atomic E-state index is 13.3. The predicted molar refractivity (Wildman–Crippen MR) is 130 cm³/mol. The Bertz CT molecular complexity index is 1050. The van der Waals surface area contributed by atoms with Crippen LogP contribution >= 0.6 is 11.6 Å². The lowest BCUT2D eigenvalue weighted by Gasteiger charge is -2.41. The molecule has 3 atom stereocenters. The average Bonchev–Trinajstić information content (AvgIpc) is 3.73. The molecule has 6 rings (SSSR count). The molecule has 0 radical (unpaired) electrons. The summed E-state index contributed by atoms with van der Waals surface area (Å²) in [4.78, 5) is 28.1. The van der Waals surface area contributed by atoms with Gasteiger partial charge in [0.25, 0.3) is 5.91 Å². The molecule has 4 aliphatic rings. The number of carbonyl (C=O) groups excluding carboxylic acids is 2. The molecule has 2 amide bonds. The summed E-state index contributed by atoms with van der Waals surface area (Å²) in [6.07, 6.45) is 8.27. The molecular formula is C27H30ClN3O2. The third kappa shape index (κ3) is 4.01. The van der Waals surface area contributed by atoms with E-state index >= 15 is 0 Å². The molecule has 6 heteroatoms. The lowest BCUT2D eigenvalue weighted by Crippen LogP contribution is -2.52. The summed E-state index contributed by atoms with van der Waals surface area (Å²) >= 11 is 6.04. The Balaban J connectivity index is 1.10. The zero-order valence-corrected chi connectivity index (χ0v) is 19.5. The highest BCUT2D eigenvalue weighted by atomic mass is 35.5. The van der Waals surface area contributed by atoms with Crippen LogP contribution in [0.1, 0.15) is 67.3 Å². The van der Waals surface area contributed by atoms with E-state index in [1.807, 2.05) is 36.4 Å². The van der Waals surface area contributed by atoms with E-state index in [1.165, 1.54) is 5.69 Å². The molecular weight excluding hydrogens is 434 g/mol. The quantitative estimate of drug-likeness (QED) is 0.659. The number of amides is 2. The van der Waals surface area contributed by atoms with Crippen molar-refractivity contribution in [1.29, 1.82) is 0 Å². The number of halogens is 1. The van der Waals surface area contributed by atoms with E-state index in [0.29, 0.717) is 23.1 Å². The highest BCUT2D eigenvalue weighted by molar-refractivity contribution is 6.30. The van der Waals surface area contributed by atoms with Crippen molar-refractivity contribution < 1.29 is 9.59 Å². The minimum atomic E-state index is -0.363. The first-order valence-corrected chi connectivity index (χ1v) is 12.7. The van der Waals surface area contributed by atoms with Gasteiger partial charge in [-0.3, -0.25) is 9.59 Å². The van der Waals surface area contributed by atoms with Crippen LogP contribution in [-0.4, -0.2) is 36.0 Å². The fourth-order valence-corrected chi connectivity index (χ4v) is 5.99. The van der Waals surface area contributed by atoms with E-state index in [4.69, 9.17) is 11.6 Å². The second-order valence-corrected chi connectivity index (χ2v) is 10.8. The second-order valence-electron chi connectivity index (χ2n) is 10.3. The number of carbonyl (C=O) groups is 2. The first kappa shape index (κ1) is 21.0. The molecule has 4 fully saturated rings. The average molecular weight is 464 g/mol. The summed E-state index contributed by atoms with van der Waals surface area (Å²) in [6, 6.07) is 17.3. The van der Waals surface area contributed by atoms with Crippen LogP contribution in [0.2, 0.25) is 5.02 Å². The lowest BCUT2D eigenvalue weighted by atomic mass is 9.92. The predicted octanol–water partition coefficient (Wildman–Crippen LogP) is 4.58. The van der Waals surface area contributed by atoms with Gasteiger partial charge >= 0.3 is 0 Å². The molecule has 5 nitrogen and oxygen atoms in total. The van der Waals surface area contributed by atoms with Crippen molar-refractivity contribution in [2.45, 2.75) is 80.9 Å². The van der Waals surface area contributed by atoms with Crippen molar-refractivity contribution in [2.75, 3.05) is 4.90 Å². The number of piperidine rings is 1. The Labute approximate surface area is 199 Å². The Morgan fingerprint density at radius 1 is 0.818 bits per heavy atom. The highest BCUT2D eigenvalue weighted by Crippen LogP contribution is 2.49. The van der Waals surface area contributed by atoms with Crippen molar-refractivity contribution in [3.63, 3.8) is 0 Å². The number of benzene rings is 2. The summed E-state index contributed by atoms with van der Waals surface area (Å²) in [5, 5.41) is 7.16. The smallest absolute Gasteiger partial charge is 0.251 e. The van der Waals surface area contributed by atoms with Crippen LogP contribution in [0.25, 0.3) is 0 Å². The molecule has 2 aliphatic heterocycles. The van der Waals surface area contributed by atoms with Gasteiger partial charge in [0.15, 0.2) is 0 Å². The van der Waals surface area contributed by atoms with E-state index in [1.54, 1.807) is 0 Å². The van der Waals surface area contributed by atoms with Crippen molar-refractivity contribution in [2.24, 2.45) is 0 Å². The molecule has 1 unspecified atom stereocenters. The van der Waals surface area contributed by atoms with Crippen molar-refractivity contribution in [1.82, 2.24) is 10.6 Å². The summed E-state index contributed by atoms with van der Waals surface area (Å²) < 4.78 is 0. The normalized spacial score (nSPS) is 27.2. The lowest BCUT2D eigenvalue weighted by molar-refractivity contribution is -0.124. The van der Waals surface area contributed by atoms with Crippen LogP contribution in [0.3, 0.4) is 0 Å². The van der Waals surface area contributed by atoms with E-state index in [2.05, 4.69) is 27.7 Å². The zero-order chi connectivity index (χ0) is 22.6. The third-order valence-corrected chi connectivity index (χ3v) is 8.24. The van der Waals surface area contributed by atoms with Gasteiger partial charge in [-0.1, -0.05) is 23.7 Å². The Hall–Kier alpha value is -2.53. The molecule has 33 heavy (non-hydrogen) atoms. The van der Waals surface area contributed by atoms with E-state index in [-0.39, 0.29) is 23.3 Å². The minimum absolute atomic E-state index is 0.0307. The Kier molecular flexibility index (Phi) is 5.13. The SMILES string of the molecule is O=C(NC1CC1)c1ccc(N2[C@@H]3CC[C@H]2CC(NC(=O)C2(c4ccc(Cl)cc4)CC2)C3)cc1. The largest absolute Gasteiger partial charge is 0.365 e. The van der Waals surface area contributed by atoms with Gasteiger partial charge in [0, 0.05) is 40.4 Å². The van der Waals surface area contributed by atoms with Gasteiger partial charge in [-0.05, 0) is 93.3 Å². The van der Waals surface area contributed by atoms with Crippen LogP contribution in [0, 0.1) is 0 Å². The summed E-state index contributed by atoms with van der Waals surface area (Å²) in [6.45, 7) is 0. The fourth-order valence-electron chi connectivity index (χ4n) is 5.86. The zero-order valence-electron chi connectivity index (χ0n) is 18.7. The number of rotatable bonds is 6. The molecule has 2 saturated heterocycles. The van der Waals surface area contributed by atoms with Gasteiger partial charge < -0.3 is 15.5 Å². The summed E-state index contributed by atoms with van der Waals surface area (Å²) in [7, 11) is 0. The topological polar surface area (TPSA) is 61.4 Å². The molecule has 0 spiro atoms. The number of nitrogens with one attached hydrogen (secondary N) is 2. The van der Waals surface area contributed by atoms with Crippen LogP contribution in [0.15, 0.2) is 48.5 Å². The standard InChI is InChI=1S/C27H30ClN3O2/c28-19-5-3-18(4-6-19)27(13-14-27)26(33)30-21-15-23-11-12-24(16-21)31(23)22-9-1-17(2-10-22)25(32)29-20-7-8-20/h1-6,9-10,20-21,23-24H,7-8,11-16H2,(H,29,32)(H,30,33)/t21?,23-,24+. The maximum Gasteiger partial charge on any atom is 0.251 e. The van der Waals surface area contributed by atoms with Gasteiger partial charge in [0.05, 0.1) is 5.41 Å². The number of nitrogens with zero attached hydrogens (tertiary/aromatic N) is 1. The van der Waals surface area contributed by atoms with Crippen molar-refractivity contribution in [3.8, 4) is 0 Å². The third-order valence-electron chi connectivity index (χ3n) is 7.99. The van der Waals surface area contributed by atoms with Gasteiger partial charge in [0.2, 0.25) is 5.91 Å². The van der Waals surface area contributed by atoms with E-state index in [0.717, 1.165) is 62.5 Å². The van der Waals surface area contributed by atoms with Gasteiger partial charge in [-0.25, -0.2) is 0 Å². The molecule has 172 valence electrons. The Morgan fingerprint density at radius 3 is 2.03 bits per heavy atom. The second kappa shape index (κ2) is 8.05. The number of anilines is 1.